The zero-order valence-electron chi connectivity index (χ0n) is 9.63. The highest BCUT2D eigenvalue weighted by Crippen LogP contribution is 2.16. The number of nitrogens with one attached hydrogen (secondary N) is 1. The van der Waals surface area contributed by atoms with Crippen LogP contribution in [0.15, 0.2) is 59.8 Å². The molecule has 0 aliphatic heterocycles. The molecule has 2 aromatic rings. The number of nitro groups is 1. The molecule has 0 atom stereocenters. The maximum absolute atomic E-state index is 10.5. The van der Waals surface area contributed by atoms with Crippen LogP contribution >= 0.6 is 0 Å². The molecule has 100 valence electrons. The van der Waals surface area contributed by atoms with Crippen LogP contribution < -0.4 is 4.98 Å². The quantitative estimate of drug-likeness (QED) is 0.508. The first-order valence-corrected chi connectivity index (χ1v) is 6.48. The van der Waals surface area contributed by atoms with Gasteiger partial charge in [-0.15, -0.1) is 0 Å². The van der Waals surface area contributed by atoms with Crippen molar-refractivity contribution in [3.8, 4) is 0 Å². The zero-order chi connectivity index (χ0) is 14.3. The number of H-pyrrole nitrogens is 1. The summed E-state index contributed by atoms with van der Waals surface area (Å²) in [6.07, 6.45) is 3.75. The van der Waals surface area contributed by atoms with Crippen LogP contribution in [0.1, 0.15) is 0 Å². The lowest BCUT2D eigenvalue weighted by atomic mass is 10.3. The maximum atomic E-state index is 10.5. The Morgan fingerprint density at radius 1 is 1.11 bits per heavy atom. The average molecular weight is 283 g/mol. The van der Waals surface area contributed by atoms with Crippen molar-refractivity contribution in [3.63, 3.8) is 0 Å². The first-order chi connectivity index (χ1) is 8.91. The van der Waals surface area contributed by atoms with Crippen molar-refractivity contribution >= 4 is 15.8 Å². The van der Waals surface area contributed by atoms with E-state index in [1.807, 2.05) is 30.6 Å². The van der Waals surface area contributed by atoms with Gasteiger partial charge in [-0.2, -0.15) is 8.42 Å². The van der Waals surface area contributed by atoms with E-state index in [1.54, 1.807) is 0 Å². The summed E-state index contributed by atoms with van der Waals surface area (Å²) < 4.78 is 29.6. The van der Waals surface area contributed by atoms with Crippen LogP contribution in [0.2, 0.25) is 0 Å². The molecule has 2 N–H and O–H groups in total. The van der Waals surface area contributed by atoms with Gasteiger partial charge in [0.2, 0.25) is 0 Å². The Labute approximate surface area is 109 Å². The predicted molar refractivity (Wildman–Crippen MR) is 65.9 cm³/mol. The van der Waals surface area contributed by atoms with Gasteiger partial charge >= 0.3 is 0 Å². The van der Waals surface area contributed by atoms with E-state index < -0.39 is 19.9 Å². The molecule has 0 saturated heterocycles. The highest BCUT2D eigenvalue weighted by Gasteiger charge is 2.13. The standard InChI is InChI=1S/C6H5NO5S.C5H5N/c8-7(9)5-2-1-3-6(4-5)13(10,11)12;1-2-4-6-5-3-1/h1-4H,(H,10,11,12);1-5H/p+1. The minimum atomic E-state index is -4.36. The summed E-state index contributed by atoms with van der Waals surface area (Å²) in [5, 5.41) is 10.2. The van der Waals surface area contributed by atoms with Crippen LogP contribution in [0.25, 0.3) is 0 Å². The number of hydrogen-bond donors (Lipinski definition) is 1. The van der Waals surface area contributed by atoms with Crippen LogP contribution in [-0.4, -0.2) is 17.9 Å². The smallest absolute Gasteiger partial charge is 0.282 e. The van der Waals surface area contributed by atoms with E-state index in [-0.39, 0.29) is 5.69 Å². The molecule has 0 fully saturated rings. The van der Waals surface area contributed by atoms with E-state index >= 15 is 0 Å². The predicted octanol–water partition coefficient (Wildman–Crippen LogP) is 1.34. The second-order valence-electron chi connectivity index (χ2n) is 3.31. The Balaban J connectivity index is 0.000000250. The molecule has 0 spiro atoms. The van der Waals surface area contributed by atoms with Crippen molar-refractivity contribution in [1.82, 2.24) is 0 Å². The topological polar surface area (TPSA) is 112 Å². The molecule has 1 aromatic heterocycles. The SMILES string of the molecule is O=[N+]([O-])c1cccc(S(=O)(=O)O)c1.c1cc[nH+]cc1. The average Bonchev–Trinajstić information content (AvgIpc) is 2.40. The number of nitrogens with zero attached hydrogens (tertiary/aromatic N) is 1. The fourth-order valence-electron chi connectivity index (χ4n) is 1.10. The number of rotatable bonds is 2. The summed E-state index contributed by atoms with van der Waals surface area (Å²) in [4.78, 5) is 11.9. The molecule has 1 aromatic carbocycles. The third-order valence-electron chi connectivity index (χ3n) is 1.93. The molecular formula is C11H11N2O5S+. The monoisotopic (exact) mass is 283 g/mol. The van der Waals surface area contributed by atoms with E-state index in [2.05, 4.69) is 4.98 Å². The minimum absolute atomic E-state index is 0.380. The Bertz CT molecular complexity index is 616. The van der Waals surface area contributed by atoms with Gasteiger partial charge in [-0.25, -0.2) is 4.98 Å². The van der Waals surface area contributed by atoms with E-state index in [1.165, 1.54) is 6.07 Å². The van der Waals surface area contributed by atoms with Crippen LogP contribution in [0.5, 0.6) is 0 Å². The van der Waals surface area contributed by atoms with Crippen molar-refractivity contribution in [1.29, 1.82) is 0 Å². The van der Waals surface area contributed by atoms with Crippen molar-refractivity contribution in [2.45, 2.75) is 4.90 Å². The Morgan fingerprint density at radius 3 is 2.11 bits per heavy atom. The first-order valence-electron chi connectivity index (χ1n) is 5.04. The minimum Gasteiger partial charge on any atom is -0.282 e. The second kappa shape index (κ2) is 6.57. The van der Waals surface area contributed by atoms with Gasteiger partial charge < -0.3 is 0 Å². The molecule has 0 aliphatic carbocycles. The lowest BCUT2D eigenvalue weighted by Crippen LogP contribution is -1.98. The molecule has 7 nitrogen and oxygen atoms in total. The van der Waals surface area contributed by atoms with Gasteiger partial charge in [-0.1, -0.05) is 12.1 Å². The number of aromatic amines is 1. The number of pyridine rings is 1. The molecule has 2 rings (SSSR count). The van der Waals surface area contributed by atoms with Crippen LogP contribution in [0.4, 0.5) is 5.69 Å². The second-order valence-corrected chi connectivity index (χ2v) is 4.73. The van der Waals surface area contributed by atoms with Gasteiger partial charge in [0.25, 0.3) is 15.8 Å². The van der Waals surface area contributed by atoms with E-state index in [0.717, 1.165) is 18.2 Å². The van der Waals surface area contributed by atoms with Crippen LogP contribution in [-0.2, 0) is 10.1 Å². The molecule has 0 saturated carbocycles. The molecule has 8 heteroatoms. The third-order valence-corrected chi connectivity index (χ3v) is 2.78. The number of non-ortho nitro benzene ring substituents is 1. The Kier molecular flexibility index (Phi) is 5.10. The van der Waals surface area contributed by atoms with E-state index in [0.29, 0.717) is 0 Å². The molecule has 0 radical (unpaired) electrons. The van der Waals surface area contributed by atoms with Gasteiger partial charge in [0, 0.05) is 24.3 Å². The Morgan fingerprint density at radius 2 is 1.74 bits per heavy atom. The third kappa shape index (κ3) is 5.23. The summed E-state index contributed by atoms with van der Waals surface area (Å²) in [6, 6.07) is 10.0. The van der Waals surface area contributed by atoms with E-state index in [4.69, 9.17) is 4.55 Å². The van der Waals surface area contributed by atoms with Crippen molar-refractivity contribution < 1.29 is 22.9 Å². The summed E-state index contributed by atoms with van der Waals surface area (Å²) in [6.45, 7) is 0. The number of aromatic nitrogens is 1. The summed E-state index contributed by atoms with van der Waals surface area (Å²) in [5.41, 5.74) is -0.380. The first kappa shape index (κ1) is 14.7. The lowest BCUT2D eigenvalue weighted by molar-refractivity contribution is -0.385. The summed E-state index contributed by atoms with van der Waals surface area (Å²) in [7, 11) is -4.36. The van der Waals surface area contributed by atoms with Crippen LogP contribution in [0.3, 0.4) is 0 Å². The summed E-state index contributed by atoms with van der Waals surface area (Å²) in [5.74, 6) is 0. The fraction of sp³-hybridized carbons (Fsp3) is 0. The molecule has 0 bridgehead atoms. The highest BCUT2D eigenvalue weighted by molar-refractivity contribution is 7.85. The normalized spacial score (nSPS) is 10.2. The van der Waals surface area contributed by atoms with Gasteiger partial charge in [0.15, 0.2) is 12.4 Å². The largest absolute Gasteiger partial charge is 0.294 e. The van der Waals surface area contributed by atoms with Crippen molar-refractivity contribution in [3.05, 3.63) is 65.0 Å². The molecule has 19 heavy (non-hydrogen) atoms. The molecule has 0 aliphatic rings. The van der Waals surface area contributed by atoms with Crippen molar-refractivity contribution in [2.24, 2.45) is 0 Å². The molecule has 0 amide bonds. The highest BCUT2D eigenvalue weighted by atomic mass is 32.2. The molecular weight excluding hydrogens is 272 g/mol. The van der Waals surface area contributed by atoms with Gasteiger partial charge in [-0.3, -0.25) is 14.7 Å². The number of hydrogen-bond acceptors (Lipinski definition) is 4. The van der Waals surface area contributed by atoms with Crippen molar-refractivity contribution in [2.75, 3.05) is 0 Å². The lowest BCUT2D eigenvalue weighted by Gasteiger charge is -1.95. The Hall–Kier alpha value is -2.32. The fourth-order valence-corrected chi connectivity index (χ4v) is 1.62. The van der Waals surface area contributed by atoms with E-state index in [9.17, 15) is 18.5 Å². The maximum Gasteiger partial charge on any atom is 0.294 e. The van der Waals surface area contributed by atoms with Gasteiger partial charge in [-0.05, 0) is 6.07 Å². The van der Waals surface area contributed by atoms with Gasteiger partial charge in [0.05, 0.1) is 4.92 Å². The zero-order valence-corrected chi connectivity index (χ0v) is 10.4. The number of nitro benzene ring substituents is 1. The van der Waals surface area contributed by atoms with Gasteiger partial charge in [0.1, 0.15) is 4.90 Å². The molecule has 1 heterocycles. The van der Waals surface area contributed by atoms with Crippen LogP contribution in [0, 0.1) is 10.1 Å². The number of benzene rings is 1. The molecule has 0 unspecified atom stereocenters. The summed E-state index contributed by atoms with van der Waals surface area (Å²) >= 11 is 0.